The molecule has 0 aliphatic carbocycles. The third-order valence-corrected chi connectivity index (χ3v) is 4.79. The van der Waals surface area contributed by atoms with E-state index in [0.29, 0.717) is 23.5 Å². The Morgan fingerprint density at radius 2 is 1.92 bits per heavy atom. The van der Waals surface area contributed by atoms with Crippen LogP contribution in [0.1, 0.15) is 40.2 Å². The van der Waals surface area contributed by atoms with Gasteiger partial charge in [0.05, 0.1) is 16.9 Å². The minimum absolute atomic E-state index is 0.480. The highest BCUT2D eigenvalue weighted by Gasteiger charge is 2.53. The Hall–Kier alpha value is -1.99. The fourth-order valence-corrected chi connectivity index (χ4v) is 2.58. The van der Waals surface area contributed by atoms with E-state index < -0.39 is 24.0 Å². The molecule has 1 fully saturated rings. The number of nitrogens with zero attached hydrogens (tertiary/aromatic N) is 3. The summed E-state index contributed by atoms with van der Waals surface area (Å²) >= 11 is 0. The molecule has 1 aliphatic heterocycles. The summed E-state index contributed by atoms with van der Waals surface area (Å²) in [4.78, 5) is 4.32. The first-order valence-corrected chi connectivity index (χ1v) is 8.45. The third kappa shape index (κ3) is 3.39. The van der Waals surface area contributed by atoms with Gasteiger partial charge in [0.15, 0.2) is 0 Å². The van der Waals surface area contributed by atoms with E-state index in [1.165, 1.54) is 6.08 Å². The van der Waals surface area contributed by atoms with Crippen LogP contribution in [-0.2, 0) is 15.9 Å². The van der Waals surface area contributed by atoms with Crippen molar-refractivity contribution in [3.63, 3.8) is 0 Å². The highest BCUT2D eigenvalue weighted by Crippen LogP contribution is 2.39. The first kappa shape index (κ1) is 17.8. The molecule has 0 bridgehead atoms. The molecule has 1 aliphatic rings. The maximum Gasteiger partial charge on any atom is 0.525 e. The van der Waals surface area contributed by atoms with Crippen molar-refractivity contribution < 1.29 is 13.7 Å². The molecule has 25 heavy (non-hydrogen) atoms. The Bertz CT molecular complexity index is 771. The van der Waals surface area contributed by atoms with Crippen LogP contribution in [0.15, 0.2) is 36.3 Å². The largest absolute Gasteiger partial charge is 0.525 e. The van der Waals surface area contributed by atoms with E-state index in [-0.39, 0.29) is 0 Å². The molecule has 0 radical (unpaired) electrons. The van der Waals surface area contributed by atoms with Gasteiger partial charge in [-0.05, 0) is 52.8 Å². The summed E-state index contributed by atoms with van der Waals surface area (Å²) in [5.74, 6) is 0. The first-order chi connectivity index (χ1) is 11.7. The van der Waals surface area contributed by atoms with Gasteiger partial charge in [0.2, 0.25) is 0 Å². The molecule has 0 unspecified atom stereocenters. The Morgan fingerprint density at radius 1 is 1.24 bits per heavy atom. The lowest BCUT2D eigenvalue weighted by atomic mass is 9.87. The molecule has 0 N–H and O–H groups in total. The Labute approximate surface area is 148 Å². The number of hydrogen-bond donors (Lipinski definition) is 0. The molecule has 3 heterocycles. The van der Waals surface area contributed by atoms with Gasteiger partial charge in [0, 0.05) is 24.5 Å². The van der Waals surface area contributed by atoms with Crippen LogP contribution in [0, 0.1) is 0 Å². The van der Waals surface area contributed by atoms with Gasteiger partial charge in [0.1, 0.15) is 11.4 Å². The molecular weight excluding hydrogens is 320 g/mol. The molecule has 0 saturated carbocycles. The quantitative estimate of drug-likeness (QED) is 0.790. The highest BCUT2D eigenvalue weighted by atomic mass is 19.1. The van der Waals surface area contributed by atoms with Gasteiger partial charge in [0.25, 0.3) is 0 Å². The monoisotopic (exact) mass is 343 g/mol. The molecule has 132 valence electrons. The van der Waals surface area contributed by atoms with Crippen molar-refractivity contribution in [2.24, 2.45) is 0 Å². The average Bonchev–Trinajstić information content (AvgIpc) is 3.06. The molecule has 0 amide bonds. The van der Waals surface area contributed by atoms with Crippen LogP contribution in [0.25, 0.3) is 17.5 Å². The zero-order valence-corrected chi connectivity index (χ0v) is 15.3. The summed E-state index contributed by atoms with van der Waals surface area (Å²) in [7, 11) is -1.02. The van der Waals surface area contributed by atoms with E-state index in [1.807, 2.05) is 52.8 Å². The van der Waals surface area contributed by atoms with Crippen LogP contribution in [0.3, 0.4) is 0 Å². The second-order valence-corrected chi connectivity index (χ2v) is 7.12. The second-order valence-electron chi connectivity index (χ2n) is 7.12. The summed E-state index contributed by atoms with van der Waals surface area (Å²) in [6.07, 6.45) is 4.92. The molecular formula is C18H23BFN3O2. The molecule has 2 aromatic rings. The van der Waals surface area contributed by atoms with Crippen molar-refractivity contribution in [2.45, 2.75) is 52.4 Å². The molecule has 2 aromatic heterocycles. The maximum absolute atomic E-state index is 14.8. The van der Waals surface area contributed by atoms with Gasteiger partial charge in [-0.2, -0.15) is 5.10 Å². The number of halogens is 1. The van der Waals surface area contributed by atoms with Gasteiger partial charge in [-0.15, -0.1) is 0 Å². The third-order valence-electron chi connectivity index (χ3n) is 4.79. The highest BCUT2D eigenvalue weighted by molar-refractivity contribution is 6.54. The predicted molar refractivity (Wildman–Crippen MR) is 96.3 cm³/mol. The predicted octanol–water partition coefficient (Wildman–Crippen LogP) is 3.91. The number of pyridine rings is 1. The van der Waals surface area contributed by atoms with E-state index in [2.05, 4.69) is 10.1 Å². The van der Waals surface area contributed by atoms with Crippen LogP contribution < -0.4 is 0 Å². The van der Waals surface area contributed by atoms with Gasteiger partial charge in [-0.3, -0.25) is 9.67 Å². The fraction of sp³-hybridized carbons (Fsp3) is 0.444. The van der Waals surface area contributed by atoms with Crippen molar-refractivity contribution in [1.82, 2.24) is 14.8 Å². The summed E-state index contributed by atoms with van der Waals surface area (Å²) in [5, 5.41) is 4.50. The van der Waals surface area contributed by atoms with E-state index in [4.69, 9.17) is 9.31 Å². The lowest BCUT2D eigenvalue weighted by molar-refractivity contribution is 0.00578. The molecule has 3 rings (SSSR count). The molecule has 0 aromatic carbocycles. The Morgan fingerprint density at radius 3 is 2.48 bits per heavy atom. The van der Waals surface area contributed by atoms with E-state index in [1.54, 1.807) is 17.1 Å². The number of aromatic nitrogens is 3. The lowest BCUT2D eigenvalue weighted by Crippen LogP contribution is -2.41. The SMILES string of the molecule is CCn1cc(C=C(F)B2OC(C)(C)C(C)(C)O2)c(-c2ccccn2)n1. The van der Waals surface area contributed by atoms with Gasteiger partial charge in [-0.1, -0.05) is 6.07 Å². The molecule has 7 heteroatoms. The fourth-order valence-electron chi connectivity index (χ4n) is 2.58. The zero-order valence-electron chi connectivity index (χ0n) is 15.3. The summed E-state index contributed by atoms with van der Waals surface area (Å²) in [6, 6.07) is 5.57. The average molecular weight is 343 g/mol. The summed E-state index contributed by atoms with van der Waals surface area (Å²) in [5.41, 5.74) is 0.330. The first-order valence-electron chi connectivity index (χ1n) is 8.45. The second kappa shape index (κ2) is 6.39. The lowest BCUT2D eigenvalue weighted by Gasteiger charge is -2.32. The zero-order chi connectivity index (χ0) is 18.2. The molecule has 0 atom stereocenters. The summed E-state index contributed by atoms with van der Waals surface area (Å²) in [6.45, 7) is 10.3. The molecule has 5 nitrogen and oxygen atoms in total. The maximum atomic E-state index is 14.8. The van der Waals surface area contributed by atoms with Crippen LogP contribution in [0.5, 0.6) is 0 Å². The van der Waals surface area contributed by atoms with Crippen LogP contribution in [0.2, 0.25) is 0 Å². The topological polar surface area (TPSA) is 49.2 Å². The summed E-state index contributed by atoms with van der Waals surface area (Å²) < 4.78 is 28.1. The van der Waals surface area contributed by atoms with Crippen molar-refractivity contribution >= 4 is 13.2 Å². The van der Waals surface area contributed by atoms with Crippen LogP contribution in [0.4, 0.5) is 4.39 Å². The molecule has 0 spiro atoms. The van der Waals surface area contributed by atoms with Gasteiger partial charge >= 0.3 is 7.12 Å². The Kier molecular flexibility index (Phi) is 4.55. The number of aryl methyl sites for hydroxylation is 1. The minimum atomic E-state index is -1.02. The van der Waals surface area contributed by atoms with Crippen molar-refractivity contribution in [3.8, 4) is 11.4 Å². The number of hydrogen-bond acceptors (Lipinski definition) is 4. The molecule has 1 saturated heterocycles. The van der Waals surface area contributed by atoms with E-state index in [9.17, 15) is 4.39 Å². The minimum Gasteiger partial charge on any atom is -0.398 e. The van der Waals surface area contributed by atoms with Crippen molar-refractivity contribution in [2.75, 3.05) is 0 Å². The smallest absolute Gasteiger partial charge is 0.398 e. The van der Waals surface area contributed by atoms with Gasteiger partial charge in [-0.25, -0.2) is 4.39 Å². The van der Waals surface area contributed by atoms with E-state index in [0.717, 1.165) is 0 Å². The Balaban J connectivity index is 1.95. The standard InChI is InChI=1S/C18H23BFN3O2/c1-6-23-12-13(16(22-23)14-9-7-8-10-21-14)11-15(20)19-24-17(2,3)18(4,5)25-19/h7-12H,6H2,1-5H3. The van der Waals surface area contributed by atoms with Crippen LogP contribution >= 0.6 is 0 Å². The normalized spacial score (nSPS) is 19.4. The van der Waals surface area contributed by atoms with Crippen LogP contribution in [-0.4, -0.2) is 33.1 Å². The van der Waals surface area contributed by atoms with Crippen molar-refractivity contribution in [3.05, 3.63) is 41.9 Å². The van der Waals surface area contributed by atoms with Gasteiger partial charge < -0.3 is 9.31 Å². The van der Waals surface area contributed by atoms with Crippen molar-refractivity contribution in [1.29, 1.82) is 0 Å². The van der Waals surface area contributed by atoms with E-state index >= 15 is 0 Å². The number of rotatable bonds is 4.